The molecule has 13 heteroatoms. The Morgan fingerprint density at radius 3 is 2.04 bits per heavy atom. The summed E-state index contributed by atoms with van der Waals surface area (Å²) in [5.41, 5.74) is 0.714. The number of hydrogen-bond donors (Lipinski definition) is 2. The van der Waals surface area contributed by atoms with Crippen molar-refractivity contribution in [1.29, 1.82) is 0 Å². The molecule has 1 aliphatic rings. The van der Waals surface area contributed by atoms with E-state index in [-0.39, 0.29) is 17.7 Å². The van der Waals surface area contributed by atoms with E-state index in [0.717, 1.165) is 11.3 Å². The number of carbonyl (C=O) groups excluding carboxylic acids is 4. The molecule has 1 atom stereocenters. The lowest BCUT2D eigenvalue weighted by atomic mass is 10.1. The number of ether oxygens (including phenoxy) is 3. The Labute approximate surface area is 274 Å². The average molecular weight is 649 g/mol. The third-order valence-corrected chi connectivity index (χ3v) is 6.54. The number of hydrogen-bond acceptors (Lipinski definition) is 10. The van der Waals surface area contributed by atoms with E-state index >= 15 is 0 Å². The molecule has 3 amide bonds. The lowest BCUT2D eigenvalue weighted by Gasteiger charge is -2.26. The van der Waals surface area contributed by atoms with Crippen molar-refractivity contribution in [1.82, 2.24) is 15.5 Å². The summed E-state index contributed by atoms with van der Waals surface area (Å²) in [6.45, 7) is 11.3. The number of aryl methyl sites for hydroxylation is 1. The molecule has 1 aromatic heterocycles. The fourth-order valence-corrected chi connectivity index (χ4v) is 4.49. The molecule has 2 aromatic carbocycles. The van der Waals surface area contributed by atoms with Crippen molar-refractivity contribution in [3.63, 3.8) is 0 Å². The summed E-state index contributed by atoms with van der Waals surface area (Å²) in [6, 6.07) is 17.3. The van der Waals surface area contributed by atoms with E-state index in [2.05, 4.69) is 15.7 Å². The minimum atomic E-state index is -1.40. The lowest BCUT2D eigenvalue weighted by Crippen LogP contribution is -2.43. The van der Waals surface area contributed by atoms with E-state index in [9.17, 15) is 19.2 Å². The summed E-state index contributed by atoms with van der Waals surface area (Å²) in [5.74, 6) is -0.999. The third-order valence-electron chi connectivity index (χ3n) is 6.54. The highest BCUT2D eigenvalue weighted by atomic mass is 16.7. The number of hydroxylamine groups is 2. The predicted molar refractivity (Wildman–Crippen MR) is 171 cm³/mol. The van der Waals surface area contributed by atoms with Crippen LogP contribution in [0.4, 0.5) is 10.6 Å². The van der Waals surface area contributed by atoms with Crippen molar-refractivity contribution < 1.29 is 42.9 Å². The molecule has 2 heterocycles. The fraction of sp³-hybridized carbons (Fsp3) is 0.412. The van der Waals surface area contributed by atoms with Crippen LogP contribution in [0.1, 0.15) is 68.7 Å². The number of nitrogens with zero attached hydrogens (tertiary/aromatic N) is 3. The van der Waals surface area contributed by atoms with Gasteiger partial charge in [0.2, 0.25) is 11.8 Å². The number of esters is 1. The first-order valence-electron chi connectivity index (χ1n) is 15.3. The molecule has 0 spiro atoms. The van der Waals surface area contributed by atoms with Crippen LogP contribution < -0.4 is 20.1 Å². The molecular formula is C34H42N5O8+. The number of aromatic nitrogens is 2. The van der Waals surface area contributed by atoms with Gasteiger partial charge in [-0.3, -0.25) is 9.59 Å². The van der Waals surface area contributed by atoms with E-state index in [1.165, 1.54) is 12.1 Å². The Hall–Kier alpha value is -5.04. The molecule has 0 radical (unpaired) electrons. The van der Waals surface area contributed by atoms with Gasteiger partial charge in [0.05, 0.1) is 11.1 Å². The van der Waals surface area contributed by atoms with Crippen molar-refractivity contribution in [2.24, 2.45) is 7.05 Å². The van der Waals surface area contributed by atoms with Crippen LogP contribution in [-0.4, -0.2) is 71.0 Å². The summed E-state index contributed by atoms with van der Waals surface area (Å²) >= 11 is 0. The highest BCUT2D eigenvalue weighted by Gasteiger charge is 2.40. The second-order valence-electron chi connectivity index (χ2n) is 12.8. The fourth-order valence-electron chi connectivity index (χ4n) is 4.49. The first kappa shape index (κ1) is 34.8. The van der Waals surface area contributed by atoms with Crippen LogP contribution in [0.2, 0.25) is 0 Å². The van der Waals surface area contributed by atoms with Crippen molar-refractivity contribution in [2.75, 3.05) is 25.0 Å². The largest absolute Gasteiger partial charge is 0.490 e. The molecule has 1 aliphatic heterocycles. The van der Waals surface area contributed by atoms with Crippen LogP contribution in [0.5, 0.6) is 5.75 Å². The number of carbonyl (C=O) groups is 4. The van der Waals surface area contributed by atoms with E-state index in [1.54, 1.807) is 49.7 Å². The molecule has 4 rings (SSSR count). The SMILES string of the molecule is C[n+]1nc(NCCCNC(=O)OC(C)(C)C)ccc1-c1ccc(OC[C@@H](ON2C(=O)c3ccccc3C2=O)C(=O)OC(C)(C)C)cc1. The predicted octanol–water partition coefficient (Wildman–Crippen LogP) is 4.22. The van der Waals surface area contributed by atoms with Gasteiger partial charge in [0, 0.05) is 29.8 Å². The zero-order valence-corrected chi connectivity index (χ0v) is 27.8. The Bertz CT molecular complexity index is 1580. The molecule has 3 aromatic rings. The number of nitrogens with one attached hydrogen (secondary N) is 2. The number of imide groups is 1. The molecule has 0 bridgehead atoms. The first-order valence-corrected chi connectivity index (χ1v) is 15.3. The van der Waals surface area contributed by atoms with Gasteiger partial charge in [0.25, 0.3) is 11.8 Å². The maximum atomic E-state index is 13.0. The van der Waals surface area contributed by atoms with Gasteiger partial charge < -0.3 is 24.8 Å². The topological polar surface area (TPSA) is 149 Å². The molecule has 0 saturated heterocycles. The van der Waals surface area contributed by atoms with Gasteiger partial charge >= 0.3 is 12.1 Å². The second kappa shape index (κ2) is 14.6. The molecule has 250 valence electrons. The molecule has 0 fully saturated rings. The molecule has 0 aliphatic carbocycles. The van der Waals surface area contributed by atoms with Gasteiger partial charge in [-0.15, -0.1) is 5.06 Å². The van der Waals surface area contributed by atoms with Crippen LogP contribution in [-0.2, 0) is 26.2 Å². The van der Waals surface area contributed by atoms with Crippen LogP contribution in [0.25, 0.3) is 11.3 Å². The number of benzene rings is 2. The molecule has 13 nitrogen and oxygen atoms in total. The summed E-state index contributed by atoms with van der Waals surface area (Å²) in [6.07, 6.45) is -1.15. The van der Waals surface area contributed by atoms with E-state index in [1.807, 2.05) is 52.1 Å². The quantitative estimate of drug-likeness (QED) is 0.127. The zero-order chi connectivity index (χ0) is 34.4. The highest BCUT2D eigenvalue weighted by Crippen LogP contribution is 2.25. The minimum absolute atomic E-state index is 0.191. The number of alkyl carbamates (subject to hydrolysis) is 1. The number of fused-ring (bicyclic) bond motifs is 1. The van der Waals surface area contributed by atoms with Gasteiger partial charge in [0.1, 0.15) is 23.6 Å². The molecular weight excluding hydrogens is 606 g/mol. The second-order valence-corrected chi connectivity index (χ2v) is 12.8. The number of amides is 3. The first-order chi connectivity index (χ1) is 22.1. The Kier molecular flexibility index (Phi) is 10.8. The van der Waals surface area contributed by atoms with Gasteiger partial charge in [-0.2, -0.15) is 0 Å². The van der Waals surface area contributed by atoms with Gasteiger partial charge in [-0.1, -0.05) is 16.8 Å². The van der Waals surface area contributed by atoms with Crippen LogP contribution in [0, 0.1) is 0 Å². The smallest absolute Gasteiger partial charge is 0.407 e. The van der Waals surface area contributed by atoms with E-state index < -0.39 is 41.2 Å². The summed E-state index contributed by atoms with van der Waals surface area (Å²) in [4.78, 5) is 56.1. The molecule has 0 saturated carbocycles. The monoisotopic (exact) mass is 648 g/mol. The van der Waals surface area contributed by atoms with Crippen molar-refractivity contribution in [3.8, 4) is 17.0 Å². The molecule has 2 N–H and O–H groups in total. The third kappa shape index (κ3) is 9.72. The molecule has 0 unspecified atom stereocenters. The molecule has 47 heavy (non-hydrogen) atoms. The van der Waals surface area contributed by atoms with Crippen molar-refractivity contribution in [2.45, 2.75) is 65.3 Å². The van der Waals surface area contributed by atoms with Crippen LogP contribution in [0.15, 0.2) is 60.7 Å². The summed E-state index contributed by atoms with van der Waals surface area (Å²) in [5, 5.41) is 11.1. The Morgan fingerprint density at radius 2 is 1.47 bits per heavy atom. The number of anilines is 1. The maximum Gasteiger partial charge on any atom is 0.407 e. The minimum Gasteiger partial charge on any atom is -0.490 e. The van der Waals surface area contributed by atoms with Crippen LogP contribution in [0.3, 0.4) is 0 Å². The average Bonchev–Trinajstić information content (AvgIpc) is 3.22. The van der Waals surface area contributed by atoms with Crippen molar-refractivity contribution >= 4 is 29.7 Å². The maximum absolute atomic E-state index is 13.0. The Balaban J connectivity index is 1.34. The van der Waals surface area contributed by atoms with E-state index in [4.69, 9.17) is 19.0 Å². The van der Waals surface area contributed by atoms with Gasteiger partial charge in [-0.05, 0) is 90.4 Å². The van der Waals surface area contributed by atoms with E-state index in [0.29, 0.717) is 36.1 Å². The zero-order valence-electron chi connectivity index (χ0n) is 27.8. The Morgan fingerprint density at radius 1 is 0.851 bits per heavy atom. The van der Waals surface area contributed by atoms with Gasteiger partial charge in [0.15, 0.2) is 12.9 Å². The number of rotatable bonds is 12. The normalized spacial score (nSPS) is 13.6. The summed E-state index contributed by atoms with van der Waals surface area (Å²) in [7, 11) is 1.83. The lowest BCUT2D eigenvalue weighted by molar-refractivity contribution is -0.719. The summed E-state index contributed by atoms with van der Waals surface area (Å²) < 4.78 is 18.3. The highest BCUT2D eigenvalue weighted by molar-refractivity contribution is 6.20. The standard InChI is InChI=1S/C34H41N5O8/c1-33(2,3)45-31(42)27(47-39-29(40)24-11-8-9-12-25(24)30(39)41)21-44-23-15-13-22(14-16-23)26-17-18-28(37-38(26)7)35-19-10-20-36-32(43)46-34(4,5)6/h8-9,11-18,27H,10,19-21H2,1-7H3,(H-,35,36,37,43)/p+1/t27-/m1/s1. The van der Waals surface area contributed by atoms with Gasteiger partial charge in [-0.25, -0.2) is 14.4 Å². The van der Waals surface area contributed by atoms with Crippen molar-refractivity contribution in [3.05, 3.63) is 71.8 Å². The van der Waals surface area contributed by atoms with Crippen LogP contribution >= 0.6 is 0 Å².